The normalized spacial score (nSPS) is 26.8. The molecular formula is C61H71F13O4. The number of ether oxygens (including phenoxy) is 3. The van der Waals surface area contributed by atoms with Gasteiger partial charge in [-0.1, -0.05) is 65.4 Å². The molecule has 0 atom stereocenters. The van der Waals surface area contributed by atoms with Gasteiger partial charge in [-0.25, -0.2) is 39.9 Å². The Morgan fingerprint density at radius 2 is 0.821 bits per heavy atom. The molecule has 0 bridgehead atoms. The lowest BCUT2D eigenvalue weighted by Gasteiger charge is -2.38. The Kier molecular flexibility index (Phi) is 20.6. The highest BCUT2D eigenvalue weighted by Gasteiger charge is 2.45. The maximum absolute atomic E-state index is 14.4. The zero-order valence-corrected chi connectivity index (χ0v) is 44.7. The van der Waals surface area contributed by atoms with E-state index in [0.717, 1.165) is 112 Å². The van der Waals surface area contributed by atoms with Crippen LogP contribution in [0.1, 0.15) is 188 Å². The molecule has 5 aliphatic carbocycles. The van der Waals surface area contributed by atoms with Crippen LogP contribution in [0.15, 0.2) is 54.6 Å². The van der Waals surface area contributed by atoms with E-state index in [-0.39, 0.29) is 22.8 Å². The molecule has 0 amide bonds. The molecule has 5 fully saturated rings. The van der Waals surface area contributed by atoms with E-state index in [1.54, 1.807) is 6.07 Å². The van der Waals surface area contributed by atoms with Crippen LogP contribution in [0.2, 0.25) is 0 Å². The van der Waals surface area contributed by atoms with Gasteiger partial charge in [0.15, 0.2) is 29.1 Å². The summed E-state index contributed by atoms with van der Waals surface area (Å²) >= 11 is 0. The maximum atomic E-state index is 14.4. The molecule has 0 saturated heterocycles. The van der Waals surface area contributed by atoms with Crippen LogP contribution in [0.5, 0.6) is 17.2 Å². The van der Waals surface area contributed by atoms with Crippen molar-refractivity contribution in [3.63, 3.8) is 0 Å². The predicted octanol–water partition coefficient (Wildman–Crippen LogP) is 19.6. The first-order valence-corrected chi connectivity index (χ1v) is 27.8. The third-order valence-electron chi connectivity index (χ3n) is 17.6. The monoisotopic (exact) mass is 1110 g/mol. The summed E-state index contributed by atoms with van der Waals surface area (Å²) in [6.07, 6.45) is 11.3. The van der Waals surface area contributed by atoms with E-state index in [4.69, 9.17) is 4.74 Å². The number of carbonyl (C=O) groups excluding carboxylic acids is 1. The van der Waals surface area contributed by atoms with Gasteiger partial charge in [-0.05, 0) is 185 Å². The van der Waals surface area contributed by atoms with Crippen molar-refractivity contribution in [3.05, 3.63) is 123 Å². The zero-order valence-electron chi connectivity index (χ0n) is 44.7. The Morgan fingerprint density at radius 3 is 1.27 bits per heavy atom. The minimum atomic E-state index is -5.11. The standard InChI is InChI=1S/C21H21F3O2.2C20H25F5O/c1-12-3-5-14(6-4-12)15-7-8-17(20(24)9-15)21(25)26-16-10-18(22)13(2)19(23)11-16;1-12-2-4-13(5-3-12)14-6-8-15(9-7-14)20(24,25)26-16-10-17(21)19(23)18(22)11-16;1-12-2-4-13(5-3-12)14-6-8-15(9-7-14)16-10-17(21)19(18(22)11-16)26-20(23,24)25/h7-12,14H,3-6H2,1-2H3;2*10-15H,2-9H2,1H3. The van der Waals surface area contributed by atoms with Crippen molar-refractivity contribution in [3.8, 4) is 17.2 Å². The fourth-order valence-electron chi connectivity index (χ4n) is 12.6. The highest BCUT2D eigenvalue weighted by molar-refractivity contribution is 5.91. The van der Waals surface area contributed by atoms with Gasteiger partial charge in [0.2, 0.25) is 5.75 Å². The van der Waals surface area contributed by atoms with Crippen LogP contribution in [0.25, 0.3) is 0 Å². The quantitative estimate of drug-likeness (QED) is 0.0687. The third-order valence-corrected chi connectivity index (χ3v) is 17.6. The Balaban J connectivity index is 0.000000170. The smallest absolute Gasteiger partial charge is 0.432 e. The summed E-state index contributed by atoms with van der Waals surface area (Å²) in [5.74, 6) is -8.90. The van der Waals surface area contributed by atoms with Crippen molar-refractivity contribution in [2.45, 2.75) is 180 Å². The van der Waals surface area contributed by atoms with E-state index in [0.29, 0.717) is 60.1 Å². The molecule has 0 aromatic heterocycles. The second-order valence-electron chi connectivity index (χ2n) is 23.1. The van der Waals surface area contributed by atoms with Crippen LogP contribution >= 0.6 is 0 Å². The molecule has 0 unspecified atom stereocenters. The van der Waals surface area contributed by atoms with Gasteiger partial charge in [-0.3, -0.25) is 0 Å². The van der Waals surface area contributed by atoms with E-state index in [2.05, 4.69) is 30.2 Å². The van der Waals surface area contributed by atoms with Crippen LogP contribution < -0.4 is 14.2 Å². The lowest BCUT2D eigenvalue weighted by atomic mass is 9.68. The van der Waals surface area contributed by atoms with E-state index in [9.17, 15) is 61.9 Å². The SMILES string of the molecule is CC1CCC(C2CCC(C(F)(F)Oc3cc(F)c(F)c(F)c3)CC2)CC1.CC1CCC(C2CCC(c3cc(F)c(OC(F)(F)F)c(F)c3)CC2)CC1.Cc1c(F)cc(OC(=O)c2ccc(C3CCC(C)CC3)cc2F)cc1F. The Hall–Kier alpha value is -4.96. The average molecular weight is 1120 g/mol. The molecule has 0 spiro atoms. The van der Waals surface area contributed by atoms with Crippen molar-refractivity contribution < 1.29 is 76.1 Å². The Morgan fingerprint density at radius 1 is 0.436 bits per heavy atom. The first kappa shape index (κ1) is 60.7. The van der Waals surface area contributed by atoms with Gasteiger partial charge in [-0.15, -0.1) is 13.2 Å². The Labute approximate surface area is 449 Å². The summed E-state index contributed by atoms with van der Waals surface area (Å²) in [5.41, 5.74) is 0.894. The molecule has 0 heterocycles. The van der Waals surface area contributed by atoms with Gasteiger partial charge < -0.3 is 14.2 Å². The van der Waals surface area contributed by atoms with Crippen LogP contribution in [0.3, 0.4) is 0 Å². The molecule has 0 radical (unpaired) electrons. The Bertz CT molecular complexity index is 2550. The molecule has 0 aliphatic heterocycles. The molecule has 4 aromatic carbocycles. The van der Waals surface area contributed by atoms with Crippen LogP contribution in [0, 0.1) is 101 Å². The number of benzene rings is 4. The number of rotatable bonds is 10. The van der Waals surface area contributed by atoms with E-state index in [1.165, 1.54) is 70.4 Å². The van der Waals surface area contributed by atoms with Gasteiger partial charge in [-0.2, -0.15) is 8.78 Å². The predicted molar refractivity (Wildman–Crippen MR) is 270 cm³/mol. The lowest BCUT2D eigenvalue weighted by Crippen LogP contribution is -2.38. The second-order valence-corrected chi connectivity index (χ2v) is 23.1. The molecule has 9 rings (SSSR count). The topological polar surface area (TPSA) is 44.8 Å². The first-order valence-electron chi connectivity index (χ1n) is 27.8. The molecular weight excluding hydrogens is 1040 g/mol. The zero-order chi connectivity index (χ0) is 56.6. The van der Waals surface area contributed by atoms with Crippen molar-refractivity contribution in [2.24, 2.45) is 47.3 Å². The highest BCUT2D eigenvalue weighted by atomic mass is 19.4. The van der Waals surface area contributed by atoms with E-state index >= 15 is 0 Å². The van der Waals surface area contributed by atoms with Crippen LogP contribution in [-0.2, 0) is 0 Å². The number of hydrogen-bond acceptors (Lipinski definition) is 4. The fraction of sp³-hybridized carbons (Fsp3) is 0.590. The molecule has 0 N–H and O–H groups in total. The number of hydrogen-bond donors (Lipinski definition) is 0. The third kappa shape index (κ3) is 16.3. The number of halogens is 13. The van der Waals surface area contributed by atoms with Gasteiger partial charge in [0.25, 0.3) is 0 Å². The van der Waals surface area contributed by atoms with Gasteiger partial charge >= 0.3 is 18.4 Å². The molecule has 17 heteroatoms. The van der Waals surface area contributed by atoms with Crippen molar-refractivity contribution in [1.82, 2.24) is 0 Å². The number of carbonyl (C=O) groups is 1. The molecule has 430 valence electrons. The van der Waals surface area contributed by atoms with Crippen molar-refractivity contribution in [2.75, 3.05) is 0 Å². The van der Waals surface area contributed by atoms with E-state index in [1.807, 2.05) is 0 Å². The lowest BCUT2D eigenvalue weighted by molar-refractivity contribution is -0.276. The first-order chi connectivity index (χ1) is 36.8. The summed E-state index contributed by atoms with van der Waals surface area (Å²) in [4.78, 5) is 12.2. The minimum Gasteiger partial charge on any atom is -0.432 e. The average Bonchev–Trinajstić information content (AvgIpc) is 3.41. The summed E-state index contributed by atoms with van der Waals surface area (Å²) in [6.45, 7) is 8.04. The second kappa shape index (κ2) is 26.5. The molecule has 4 aromatic rings. The fourth-order valence-corrected chi connectivity index (χ4v) is 12.6. The van der Waals surface area contributed by atoms with Crippen LogP contribution in [-0.4, -0.2) is 18.4 Å². The minimum absolute atomic E-state index is 0.00213. The number of alkyl halides is 5. The van der Waals surface area contributed by atoms with Crippen molar-refractivity contribution >= 4 is 5.97 Å². The number of esters is 1. The molecule has 5 aliphatic rings. The molecule has 5 saturated carbocycles. The van der Waals surface area contributed by atoms with Gasteiger partial charge in [0.1, 0.15) is 29.0 Å². The van der Waals surface area contributed by atoms with Crippen molar-refractivity contribution in [1.29, 1.82) is 0 Å². The molecule has 78 heavy (non-hydrogen) atoms. The largest absolute Gasteiger partial charge is 0.573 e. The van der Waals surface area contributed by atoms with Crippen LogP contribution in [0.4, 0.5) is 57.1 Å². The van der Waals surface area contributed by atoms with E-state index < -0.39 is 82.4 Å². The van der Waals surface area contributed by atoms with Gasteiger partial charge in [0, 0.05) is 29.8 Å². The highest BCUT2D eigenvalue weighted by Crippen LogP contribution is 2.47. The maximum Gasteiger partial charge on any atom is 0.573 e. The summed E-state index contributed by atoms with van der Waals surface area (Å²) in [7, 11) is 0. The summed E-state index contributed by atoms with van der Waals surface area (Å²) < 4.78 is 187. The van der Waals surface area contributed by atoms with Gasteiger partial charge in [0.05, 0.1) is 11.5 Å². The summed E-state index contributed by atoms with van der Waals surface area (Å²) in [6, 6.07) is 9.21. The summed E-state index contributed by atoms with van der Waals surface area (Å²) in [5, 5.41) is 0. The molecule has 4 nitrogen and oxygen atoms in total.